The molecule has 0 radical (unpaired) electrons. The fourth-order valence-corrected chi connectivity index (χ4v) is 2.44. The molecular formula is C13H22O2S. The summed E-state index contributed by atoms with van der Waals surface area (Å²) in [4.78, 5) is 0. The van der Waals surface area contributed by atoms with E-state index in [9.17, 15) is 0 Å². The second kappa shape index (κ2) is 3.86. The van der Waals surface area contributed by atoms with Crippen LogP contribution >= 0.6 is 11.8 Å². The molecule has 3 heteroatoms. The summed E-state index contributed by atoms with van der Waals surface area (Å²) in [5, 5.41) is 0.384. The highest BCUT2D eigenvalue weighted by Crippen LogP contribution is 2.51. The molecule has 1 aliphatic carbocycles. The van der Waals surface area contributed by atoms with Crippen LogP contribution in [0.5, 0.6) is 0 Å². The molecule has 0 bridgehead atoms. The van der Waals surface area contributed by atoms with Gasteiger partial charge in [-0.2, -0.15) is 11.8 Å². The van der Waals surface area contributed by atoms with Gasteiger partial charge in [0.25, 0.3) is 5.79 Å². The predicted octanol–water partition coefficient (Wildman–Crippen LogP) is 3.92. The van der Waals surface area contributed by atoms with Crippen molar-refractivity contribution in [3.63, 3.8) is 0 Å². The van der Waals surface area contributed by atoms with E-state index in [1.54, 1.807) is 0 Å². The van der Waals surface area contributed by atoms with Crippen molar-refractivity contribution < 1.29 is 9.47 Å². The highest BCUT2D eigenvalue weighted by molar-refractivity contribution is 7.99. The topological polar surface area (TPSA) is 18.5 Å². The monoisotopic (exact) mass is 242 g/mol. The van der Waals surface area contributed by atoms with E-state index in [0.717, 1.165) is 24.4 Å². The van der Waals surface area contributed by atoms with Crippen LogP contribution in [0.25, 0.3) is 0 Å². The fraction of sp³-hybridized carbons (Fsp3) is 0.846. The Balaban J connectivity index is 2.25. The number of ether oxygens (including phenoxy) is 2. The summed E-state index contributed by atoms with van der Waals surface area (Å²) in [7, 11) is 0. The van der Waals surface area contributed by atoms with Crippen molar-refractivity contribution in [3.8, 4) is 0 Å². The average molecular weight is 242 g/mol. The summed E-state index contributed by atoms with van der Waals surface area (Å²) >= 11 is 1.81. The zero-order valence-electron chi connectivity index (χ0n) is 10.9. The van der Waals surface area contributed by atoms with E-state index in [2.05, 4.69) is 34.0 Å². The van der Waals surface area contributed by atoms with Crippen LogP contribution in [0.15, 0.2) is 11.5 Å². The molecule has 0 saturated heterocycles. The Labute approximate surface area is 103 Å². The Morgan fingerprint density at radius 1 is 1.25 bits per heavy atom. The van der Waals surface area contributed by atoms with Crippen LogP contribution < -0.4 is 0 Å². The molecule has 1 fully saturated rings. The lowest BCUT2D eigenvalue weighted by molar-refractivity contribution is -0.208. The van der Waals surface area contributed by atoms with E-state index in [4.69, 9.17) is 9.47 Å². The van der Waals surface area contributed by atoms with Crippen molar-refractivity contribution in [2.45, 2.75) is 58.0 Å². The second-order valence-electron chi connectivity index (χ2n) is 5.79. The van der Waals surface area contributed by atoms with Crippen LogP contribution in [-0.4, -0.2) is 17.3 Å². The van der Waals surface area contributed by atoms with Gasteiger partial charge in [-0.3, -0.25) is 0 Å². The van der Waals surface area contributed by atoms with Gasteiger partial charge >= 0.3 is 0 Å². The molecule has 1 spiro atoms. The van der Waals surface area contributed by atoms with E-state index >= 15 is 0 Å². The highest BCUT2D eigenvalue weighted by atomic mass is 32.2. The molecule has 0 aromatic carbocycles. The van der Waals surface area contributed by atoms with Crippen LogP contribution in [-0.2, 0) is 9.47 Å². The van der Waals surface area contributed by atoms with E-state index < -0.39 is 0 Å². The minimum Gasteiger partial charge on any atom is -0.453 e. The Hall–Kier alpha value is -0.310. The van der Waals surface area contributed by atoms with Gasteiger partial charge in [0.2, 0.25) is 0 Å². The van der Waals surface area contributed by atoms with Crippen molar-refractivity contribution in [2.75, 3.05) is 6.26 Å². The zero-order valence-corrected chi connectivity index (χ0v) is 11.7. The Morgan fingerprint density at radius 2 is 1.88 bits per heavy atom. The maximum Gasteiger partial charge on any atom is 0.250 e. The Kier molecular flexibility index (Phi) is 2.94. The molecular weight excluding hydrogens is 220 g/mol. The molecule has 1 saturated carbocycles. The van der Waals surface area contributed by atoms with Gasteiger partial charge < -0.3 is 9.47 Å². The first-order valence-corrected chi connectivity index (χ1v) is 7.32. The van der Waals surface area contributed by atoms with Gasteiger partial charge in [0.15, 0.2) is 5.76 Å². The lowest BCUT2D eigenvalue weighted by atomic mass is 9.90. The minimum absolute atomic E-state index is 0.0401. The van der Waals surface area contributed by atoms with Crippen molar-refractivity contribution in [1.82, 2.24) is 0 Å². The number of rotatable bonds is 2. The van der Waals surface area contributed by atoms with E-state index in [1.165, 1.54) is 6.42 Å². The summed E-state index contributed by atoms with van der Waals surface area (Å²) in [6.45, 7) is 8.76. The summed E-state index contributed by atoms with van der Waals surface area (Å²) in [6, 6.07) is 0. The number of thioether (sulfide) groups is 1. The summed E-state index contributed by atoms with van der Waals surface area (Å²) in [5.74, 6) is 1.84. The Bertz CT molecular complexity index is 310. The van der Waals surface area contributed by atoms with Crippen LogP contribution in [0.4, 0.5) is 0 Å². The quantitative estimate of drug-likeness (QED) is 0.731. The SMILES string of the molecule is CSC(C)C1=C(C(C)(C)C)OC2(CCC2)O1. The molecule has 0 aromatic heterocycles. The normalized spacial score (nSPS) is 25.1. The molecule has 0 N–H and O–H groups in total. The van der Waals surface area contributed by atoms with E-state index in [0.29, 0.717) is 5.25 Å². The number of hydrogen-bond donors (Lipinski definition) is 0. The predicted molar refractivity (Wildman–Crippen MR) is 68.2 cm³/mol. The maximum absolute atomic E-state index is 6.13. The third-order valence-corrected chi connectivity index (χ3v) is 4.25. The molecule has 16 heavy (non-hydrogen) atoms. The molecule has 2 rings (SSSR count). The van der Waals surface area contributed by atoms with Crippen LogP contribution in [0.1, 0.15) is 47.0 Å². The van der Waals surface area contributed by atoms with Gasteiger partial charge in [0.05, 0.1) is 5.25 Å². The third-order valence-electron chi connectivity index (χ3n) is 3.33. The molecule has 92 valence electrons. The molecule has 2 aliphatic rings. The van der Waals surface area contributed by atoms with Gasteiger partial charge in [-0.25, -0.2) is 0 Å². The van der Waals surface area contributed by atoms with E-state index in [-0.39, 0.29) is 11.2 Å². The molecule has 0 aromatic rings. The molecule has 1 aliphatic heterocycles. The summed E-state index contributed by atoms with van der Waals surface area (Å²) in [6.07, 6.45) is 5.42. The highest BCUT2D eigenvalue weighted by Gasteiger charge is 2.51. The average Bonchev–Trinajstić information content (AvgIpc) is 2.55. The largest absolute Gasteiger partial charge is 0.453 e. The summed E-state index contributed by atoms with van der Waals surface area (Å²) < 4.78 is 12.2. The minimum atomic E-state index is -0.290. The molecule has 1 unspecified atom stereocenters. The first kappa shape index (κ1) is 12.2. The molecule has 0 amide bonds. The van der Waals surface area contributed by atoms with Crippen molar-refractivity contribution in [2.24, 2.45) is 5.41 Å². The smallest absolute Gasteiger partial charge is 0.250 e. The van der Waals surface area contributed by atoms with E-state index in [1.807, 2.05) is 11.8 Å². The first-order valence-electron chi connectivity index (χ1n) is 6.03. The van der Waals surface area contributed by atoms with Crippen molar-refractivity contribution >= 4 is 11.8 Å². The standard InChI is InChI=1S/C13H22O2S/c1-9(16-5)10-11(12(2,3)4)15-13(14-10)7-6-8-13/h9H,6-8H2,1-5H3. The first-order chi connectivity index (χ1) is 7.38. The van der Waals surface area contributed by atoms with Gasteiger partial charge in [-0.1, -0.05) is 20.8 Å². The Morgan fingerprint density at radius 3 is 2.25 bits per heavy atom. The van der Waals surface area contributed by atoms with Crippen LogP contribution in [0.3, 0.4) is 0 Å². The molecule has 1 atom stereocenters. The number of allylic oxidation sites excluding steroid dienone is 1. The van der Waals surface area contributed by atoms with Gasteiger partial charge in [-0.05, 0) is 19.6 Å². The lowest BCUT2D eigenvalue weighted by Crippen LogP contribution is -2.39. The van der Waals surface area contributed by atoms with Crippen molar-refractivity contribution in [3.05, 3.63) is 11.5 Å². The zero-order chi connectivity index (χ0) is 12.0. The maximum atomic E-state index is 6.13. The van der Waals surface area contributed by atoms with Crippen molar-refractivity contribution in [1.29, 1.82) is 0 Å². The number of hydrogen-bond acceptors (Lipinski definition) is 3. The van der Waals surface area contributed by atoms with Crippen LogP contribution in [0, 0.1) is 5.41 Å². The third kappa shape index (κ3) is 1.94. The molecule has 1 heterocycles. The van der Waals surface area contributed by atoms with Gasteiger partial charge in [0.1, 0.15) is 5.76 Å². The fourth-order valence-electron chi connectivity index (χ4n) is 2.07. The summed E-state index contributed by atoms with van der Waals surface area (Å²) in [5.41, 5.74) is 0.0401. The lowest BCUT2D eigenvalue weighted by Gasteiger charge is -2.37. The van der Waals surface area contributed by atoms with Crippen LogP contribution in [0.2, 0.25) is 0 Å². The van der Waals surface area contributed by atoms with Gasteiger partial charge in [-0.15, -0.1) is 0 Å². The second-order valence-corrected chi connectivity index (χ2v) is 6.97. The van der Waals surface area contributed by atoms with Gasteiger partial charge in [0, 0.05) is 18.3 Å². The molecule has 2 nitrogen and oxygen atoms in total.